The van der Waals surface area contributed by atoms with Crippen molar-refractivity contribution in [3.05, 3.63) is 83.4 Å². The third-order valence-corrected chi connectivity index (χ3v) is 8.25. The van der Waals surface area contributed by atoms with Gasteiger partial charge in [0.1, 0.15) is 17.5 Å². The fraction of sp³-hybridized carbons (Fsp3) is 0.333. The van der Waals surface area contributed by atoms with E-state index in [1.165, 1.54) is 4.31 Å². The molecular weight excluding hydrogens is 544 g/mol. The Morgan fingerprint density at radius 1 is 1.02 bits per heavy atom. The Bertz CT molecular complexity index is 1480. The van der Waals surface area contributed by atoms with Gasteiger partial charge in [-0.05, 0) is 80.3 Å². The highest BCUT2D eigenvalue weighted by Gasteiger charge is 2.34. The number of carbonyl (C=O) groups excluding carboxylic acids is 2. The molecule has 3 aromatic rings. The predicted molar refractivity (Wildman–Crippen MR) is 159 cm³/mol. The number of fused-ring (bicyclic) bond motifs is 1. The summed E-state index contributed by atoms with van der Waals surface area (Å²) in [7, 11) is -2.70. The van der Waals surface area contributed by atoms with E-state index in [-0.39, 0.29) is 18.9 Å². The Balaban J connectivity index is 1.55. The van der Waals surface area contributed by atoms with Gasteiger partial charge in [-0.3, -0.25) is 9.10 Å². The fourth-order valence-corrected chi connectivity index (χ4v) is 6.25. The second-order valence-corrected chi connectivity index (χ2v) is 11.2. The SMILES string of the molecule is CCOc1ccc(N(CC)C(=O)C(Cc2ccccc2)NC(=O)NS(=O)(=O)N2CCc3cc(OC)cc(C)c32)cc1. The lowest BCUT2D eigenvalue weighted by atomic mass is 10.0. The van der Waals surface area contributed by atoms with Crippen LogP contribution in [0.4, 0.5) is 16.2 Å². The molecule has 3 aromatic carbocycles. The van der Waals surface area contributed by atoms with Crippen LogP contribution in [0.25, 0.3) is 0 Å². The zero-order valence-electron chi connectivity index (χ0n) is 23.7. The molecule has 0 bridgehead atoms. The van der Waals surface area contributed by atoms with Gasteiger partial charge in [-0.1, -0.05) is 30.3 Å². The maximum Gasteiger partial charge on any atom is 0.330 e. The Hall–Kier alpha value is -4.25. The third-order valence-electron chi connectivity index (χ3n) is 6.86. The highest BCUT2D eigenvalue weighted by Crippen LogP contribution is 2.36. The van der Waals surface area contributed by atoms with Crippen molar-refractivity contribution in [3.8, 4) is 11.5 Å². The fourth-order valence-electron chi connectivity index (χ4n) is 5.01. The van der Waals surface area contributed by atoms with Gasteiger partial charge in [0, 0.05) is 25.2 Å². The molecule has 0 saturated carbocycles. The van der Waals surface area contributed by atoms with E-state index in [1.54, 1.807) is 55.3 Å². The van der Waals surface area contributed by atoms with Crippen LogP contribution in [0.3, 0.4) is 0 Å². The summed E-state index contributed by atoms with van der Waals surface area (Å²) >= 11 is 0. The van der Waals surface area contributed by atoms with Crippen LogP contribution in [0.2, 0.25) is 0 Å². The average Bonchev–Trinajstić information content (AvgIpc) is 3.40. The van der Waals surface area contributed by atoms with Crippen molar-refractivity contribution in [1.29, 1.82) is 0 Å². The van der Waals surface area contributed by atoms with Crippen molar-refractivity contribution in [3.63, 3.8) is 0 Å². The summed E-state index contributed by atoms with van der Waals surface area (Å²) in [4.78, 5) is 28.5. The number of anilines is 2. The number of amides is 3. The standard InChI is InChI=1S/C30H36N4O6S/c1-5-33(24-12-14-25(15-13-24)40-6-2)29(35)27(19-22-10-8-7-9-11-22)31-30(36)32-41(37,38)34-17-16-23-20-26(39-4)18-21(3)28(23)34/h7-15,18,20,27H,5-6,16-17,19H2,1-4H3,(H2,31,32,36). The highest BCUT2D eigenvalue weighted by atomic mass is 32.2. The normalized spacial score (nSPS) is 13.2. The van der Waals surface area contributed by atoms with Crippen molar-refractivity contribution in [2.45, 2.75) is 39.7 Å². The van der Waals surface area contributed by atoms with Gasteiger partial charge in [-0.25, -0.2) is 9.52 Å². The number of methoxy groups -OCH3 is 1. The van der Waals surface area contributed by atoms with E-state index in [0.717, 1.165) is 11.1 Å². The molecular formula is C30H36N4O6S. The first-order chi connectivity index (χ1) is 19.7. The molecule has 1 atom stereocenters. The van der Waals surface area contributed by atoms with E-state index in [4.69, 9.17) is 9.47 Å². The second-order valence-electron chi connectivity index (χ2n) is 9.61. The van der Waals surface area contributed by atoms with E-state index < -0.39 is 22.3 Å². The first kappa shape index (κ1) is 29.7. The maximum atomic E-state index is 13.8. The summed E-state index contributed by atoms with van der Waals surface area (Å²) in [6.07, 6.45) is 0.657. The molecule has 218 valence electrons. The Kier molecular flexibility index (Phi) is 9.38. The van der Waals surface area contributed by atoms with Gasteiger partial charge in [-0.15, -0.1) is 0 Å². The lowest BCUT2D eigenvalue weighted by molar-refractivity contribution is -0.120. The minimum absolute atomic E-state index is 0.173. The van der Waals surface area contributed by atoms with Crippen LogP contribution >= 0.6 is 0 Å². The molecule has 0 aromatic heterocycles. The number of carbonyl (C=O) groups is 2. The summed E-state index contributed by atoms with van der Waals surface area (Å²) in [6.45, 7) is 6.56. The van der Waals surface area contributed by atoms with Crippen molar-refractivity contribution >= 4 is 33.5 Å². The molecule has 0 spiro atoms. The first-order valence-corrected chi connectivity index (χ1v) is 15.0. The number of hydrogen-bond donors (Lipinski definition) is 2. The van der Waals surface area contributed by atoms with Gasteiger partial charge in [0.15, 0.2) is 0 Å². The molecule has 0 fully saturated rings. The van der Waals surface area contributed by atoms with Gasteiger partial charge < -0.3 is 19.7 Å². The van der Waals surface area contributed by atoms with Gasteiger partial charge in [0.05, 0.1) is 19.4 Å². The summed E-state index contributed by atoms with van der Waals surface area (Å²) in [6, 6.07) is 17.9. The molecule has 0 saturated heterocycles. The van der Waals surface area contributed by atoms with Gasteiger partial charge in [-0.2, -0.15) is 8.42 Å². The molecule has 10 nitrogen and oxygen atoms in total. The number of hydrogen-bond acceptors (Lipinski definition) is 6. The molecule has 0 radical (unpaired) electrons. The maximum absolute atomic E-state index is 13.8. The quantitative estimate of drug-likeness (QED) is 0.355. The van der Waals surface area contributed by atoms with Crippen LogP contribution in [0.5, 0.6) is 11.5 Å². The largest absolute Gasteiger partial charge is 0.497 e. The van der Waals surface area contributed by atoms with E-state index in [9.17, 15) is 18.0 Å². The zero-order chi connectivity index (χ0) is 29.6. The monoisotopic (exact) mass is 580 g/mol. The molecule has 4 rings (SSSR count). The molecule has 11 heteroatoms. The summed E-state index contributed by atoms with van der Waals surface area (Å²) < 4.78 is 40.8. The van der Waals surface area contributed by atoms with Crippen LogP contribution in [-0.4, -0.2) is 53.2 Å². The minimum atomic E-state index is -4.26. The van der Waals surface area contributed by atoms with Crippen LogP contribution in [0.1, 0.15) is 30.5 Å². The van der Waals surface area contributed by atoms with Gasteiger partial charge >= 0.3 is 16.2 Å². The van der Waals surface area contributed by atoms with Crippen molar-refractivity contribution < 1.29 is 27.5 Å². The lowest BCUT2D eigenvalue weighted by Gasteiger charge is -2.28. The number of benzene rings is 3. The molecule has 2 N–H and O–H groups in total. The topological polar surface area (TPSA) is 117 Å². The van der Waals surface area contributed by atoms with Crippen molar-refractivity contribution in [2.75, 3.05) is 36.0 Å². The summed E-state index contributed by atoms with van der Waals surface area (Å²) in [5.41, 5.74) is 3.51. The number of urea groups is 1. The van der Waals surface area contributed by atoms with Gasteiger partial charge in [0.25, 0.3) is 0 Å². The Morgan fingerprint density at radius 2 is 1.73 bits per heavy atom. The van der Waals surface area contributed by atoms with Crippen LogP contribution in [-0.2, 0) is 27.8 Å². The zero-order valence-corrected chi connectivity index (χ0v) is 24.5. The minimum Gasteiger partial charge on any atom is -0.497 e. The predicted octanol–water partition coefficient (Wildman–Crippen LogP) is 3.97. The van der Waals surface area contributed by atoms with Gasteiger partial charge in [0.2, 0.25) is 5.91 Å². The number of likely N-dealkylation sites (N-methyl/N-ethyl adjacent to an activating group) is 1. The van der Waals surface area contributed by atoms with E-state index in [0.29, 0.717) is 48.0 Å². The number of ether oxygens (including phenoxy) is 2. The second kappa shape index (κ2) is 12.9. The molecule has 1 unspecified atom stereocenters. The van der Waals surface area contributed by atoms with Crippen molar-refractivity contribution in [1.82, 2.24) is 10.0 Å². The molecule has 3 amide bonds. The molecule has 1 heterocycles. The lowest BCUT2D eigenvalue weighted by Crippen LogP contribution is -2.55. The number of aryl methyl sites for hydroxylation is 1. The molecule has 0 aliphatic carbocycles. The summed E-state index contributed by atoms with van der Waals surface area (Å²) in [5.74, 6) is 0.949. The first-order valence-electron chi connectivity index (χ1n) is 13.5. The highest BCUT2D eigenvalue weighted by molar-refractivity contribution is 7.91. The number of rotatable bonds is 11. The van der Waals surface area contributed by atoms with E-state index >= 15 is 0 Å². The van der Waals surface area contributed by atoms with Crippen LogP contribution < -0.4 is 28.7 Å². The average molecular weight is 581 g/mol. The number of nitrogens with zero attached hydrogens (tertiary/aromatic N) is 2. The Morgan fingerprint density at radius 3 is 2.37 bits per heavy atom. The summed E-state index contributed by atoms with van der Waals surface area (Å²) in [5, 5.41) is 2.63. The Labute approximate surface area is 241 Å². The molecule has 1 aliphatic heterocycles. The van der Waals surface area contributed by atoms with Crippen LogP contribution in [0.15, 0.2) is 66.7 Å². The third kappa shape index (κ3) is 6.91. The van der Waals surface area contributed by atoms with Crippen molar-refractivity contribution in [2.24, 2.45) is 0 Å². The molecule has 41 heavy (non-hydrogen) atoms. The smallest absolute Gasteiger partial charge is 0.330 e. The molecule has 1 aliphatic rings. The van der Waals surface area contributed by atoms with Crippen LogP contribution in [0, 0.1) is 6.92 Å². The van der Waals surface area contributed by atoms with E-state index in [1.807, 2.05) is 44.2 Å². The van der Waals surface area contributed by atoms with E-state index in [2.05, 4.69) is 10.0 Å². The number of nitrogens with one attached hydrogen (secondary N) is 2.